The van der Waals surface area contributed by atoms with Gasteiger partial charge in [0.2, 0.25) is 0 Å². The number of carbonyl (C=O) groups is 1. The fourth-order valence-corrected chi connectivity index (χ4v) is 7.60. The third-order valence-electron chi connectivity index (χ3n) is 10.1. The Kier molecular flexibility index (Phi) is 7.11. The molecule has 2 atom stereocenters. The molecule has 13 heteroatoms. The number of primary amides is 1. The van der Waals surface area contributed by atoms with Gasteiger partial charge in [-0.05, 0) is 64.3 Å². The number of rotatable bonds is 4. The zero-order valence-electron chi connectivity index (χ0n) is 26.6. The monoisotopic (exact) mass is 661 g/mol. The van der Waals surface area contributed by atoms with Crippen LogP contribution in [0, 0.1) is 0 Å². The van der Waals surface area contributed by atoms with Gasteiger partial charge in [-0.1, -0.05) is 42.8 Å². The molecule has 2 unspecified atom stereocenters. The number of aryl methyl sites for hydroxylation is 1. The van der Waals surface area contributed by atoms with E-state index < -0.39 is 51.8 Å². The minimum absolute atomic E-state index is 0.105. The van der Waals surface area contributed by atoms with Gasteiger partial charge in [0.15, 0.2) is 0 Å². The summed E-state index contributed by atoms with van der Waals surface area (Å²) >= 11 is 0. The van der Waals surface area contributed by atoms with E-state index >= 15 is 4.39 Å². The van der Waals surface area contributed by atoms with E-state index in [1.807, 2.05) is 37.6 Å². The number of fused-ring (bicyclic) bond motifs is 8. The first-order chi connectivity index (χ1) is 21.7. The molecule has 2 aromatic carbocycles. The first-order valence-corrected chi connectivity index (χ1v) is 15.1. The van der Waals surface area contributed by atoms with Crippen LogP contribution in [-0.2, 0) is 42.8 Å². The lowest BCUT2D eigenvalue weighted by atomic mass is 9.62. The standard InChI is InChI=1S/C34H34F7N5O/c1-7-18-9-8-10-21-24-26(35)31(5,43-29(42)47)14-17(2)32(24,6)28-22-16-45(30(3,4)27(22)44-46(28)25(18)21)15-19-11-12-20(33(36,37)38)13-23(19)34(39,40)41/h8-14H,7,15-16H2,1-6H3,(H3,42,43,47). The van der Waals surface area contributed by atoms with Gasteiger partial charge >= 0.3 is 18.4 Å². The van der Waals surface area contributed by atoms with E-state index in [4.69, 9.17) is 10.8 Å². The summed E-state index contributed by atoms with van der Waals surface area (Å²) in [6.45, 7) is 10.6. The second-order valence-electron chi connectivity index (χ2n) is 13.4. The van der Waals surface area contributed by atoms with Crippen LogP contribution in [0.1, 0.15) is 86.3 Å². The minimum Gasteiger partial charge on any atom is -0.352 e. The predicted molar refractivity (Wildman–Crippen MR) is 162 cm³/mol. The van der Waals surface area contributed by atoms with E-state index in [1.165, 1.54) is 6.92 Å². The molecular weight excluding hydrogens is 627 g/mol. The van der Waals surface area contributed by atoms with Gasteiger partial charge in [-0.25, -0.2) is 13.9 Å². The smallest absolute Gasteiger partial charge is 0.352 e. The van der Waals surface area contributed by atoms with Crippen LogP contribution in [0.25, 0.3) is 11.3 Å². The Balaban J connectivity index is 1.55. The van der Waals surface area contributed by atoms with Crippen LogP contribution in [0.4, 0.5) is 35.5 Å². The number of aromatic nitrogens is 2. The number of benzene rings is 2. The number of nitrogens with zero attached hydrogens (tertiary/aromatic N) is 3. The van der Waals surface area contributed by atoms with E-state index in [-0.39, 0.29) is 24.7 Å². The van der Waals surface area contributed by atoms with E-state index in [2.05, 4.69) is 5.32 Å². The molecule has 0 radical (unpaired) electrons. The summed E-state index contributed by atoms with van der Waals surface area (Å²) < 4.78 is 101. The van der Waals surface area contributed by atoms with Crippen molar-refractivity contribution >= 4 is 11.6 Å². The largest absolute Gasteiger partial charge is 0.416 e. The van der Waals surface area contributed by atoms with Gasteiger partial charge in [0.05, 0.1) is 39.2 Å². The molecular formula is C34H34F7N5O. The number of hydrogen-bond acceptors (Lipinski definition) is 3. The van der Waals surface area contributed by atoms with Crippen molar-refractivity contribution < 1.29 is 35.5 Å². The molecule has 3 aromatic rings. The number of amides is 2. The number of alkyl halides is 6. The molecule has 1 aromatic heterocycles. The van der Waals surface area contributed by atoms with Crippen molar-refractivity contribution in [3.05, 3.63) is 98.6 Å². The summed E-state index contributed by atoms with van der Waals surface area (Å²) in [4.78, 5) is 13.7. The number of urea groups is 1. The molecule has 0 bridgehead atoms. The molecule has 6 nitrogen and oxygen atoms in total. The predicted octanol–water partition coefficient (Wildman–Crippen LogP) is 8.06. The lowest BCUT2D eigenvalue weighted by Crippen LogP contribution is -2.52. The molecule has 2 amide bonds. The molecule has 1 aliphatic carbocycles. The number of hydrogen-bond donors (Lipinski definition) is 2. The summed E-state index contributed by atoms with van der Waals surface area (Å²) in [6.07, 6.45) is -7.75. The highest BCUT2D eigenvalue weighted by Gasteiger charge is 2.55. The second-order valence-corrected chi connectivity index (χ2v) is 13.4. The van der Waals surface area contributed by atoms with Gasteiger partial charge in [0.1, 0.15) is 11.4 Å². The lowest BCUT2D eigenvalue weighted by Gasteiger charge is -2.46. The Morgan fingerprint density at radius 2 is 1.70 bits per heavy atom. The second kappa shape index (κ2) is 10.2. The SMILES string of the molecule is CCc1cccc2c1-n1nc3c(c1C1(C)C(C)=CC(C)(NC(N)=O)C(F)=C21)CN(Cc1ccc(C(F)(F)F)cc1C(F)(F)F)C3(C)C. The van der Waals surface area contributed by atoms with E-state index in [0.29, 0.717) is 51.8 Å². The molecule has 0 saturated carbocycles. The van der Waals surface area contributed by atoms with Crippen LogP contribution in [0.3, 0.4) is 0 Å². The van der Waals surface area contributed by atoms with Gasteiger partial charge in [0.25, 0.3) is 0 Å². The molecule has 0 saturated heterocycles. The van der Waals surface area contributed by atoms with Crippen LogP contribution < -0.4 is 11.1 Å². The maximum Gasteiger partial charge on any atom is 0.416 e. The van der Waals surface area contributed by atoms with Crippen molar-refractivity contribution in [2.45, 2.75) is 89.9 Å². The summed E-state index contributed by atoms with van der Waals surface area (Å²) in [6, 6.07) is 6.35. The highest BCUT2D eigenvalue weighted by molar-refractivity contribution is 5.91. The first-order valence-electron chi connectivity index (χ1n) is 15.1. The normalized spacial score (nSPS) is 23.6. The zero-order chi connectivity index (χ0) is 34.6. The van der Waals surface area contributed by atoms with Crippen molar-refractivity contribution in [2.24, 2.45) is 5.73 Å². The van der Waals surface area contributed by atoms with Crippen molar-refractivity contribution in [1.29, 1.82) is 0 Å². The fourth-order valence-electron chi connectivity index (χ4n) is 7.60. The molecule has 0 fully saturated rings. The third-order valence-corrected chi connectivity index (χ3v) is 10.1. The van der Waals surface area contributed by atoms with Crippen LogP contribution in [0.2, 0.25) is 0 Å². The quantitative estimate of drug-likeness (QED) is 0.220. The van der Waals surface area contributed by atoms with Crippen LogP contribution in [0.15, 0.2) is 53.9 Å². The highest BCUT2D eigenvalue weighted by atomic mass is 19.4. The highest BCUT2D eigenvalue weighted by Crippen LogP contribution is 2.59. The Morgan fingerprint density at radius 1 is 1.02 bits per heavy atom. The molecule has 3 aliphatic rings. The van der Waals surface area contributed by atoms with Gasteiger partial charge < -0.3 is 11.1 Å². The topological polar surface area (TPSA) is 76.2 Å². The molecule has 3 N–H and O–H groups in total. The van der Waals surface area contributed by atoms with Crippen molar-refractivity contribution in [3.63, 3.8) is 0 Å². The lowest BCUT2D eigenvalue weighted by molar-refractivity contribution is -0.143. The van der Waals surface area contributed by atoms with Crippen LogP contribution >= 0.6 is 0 Å². The van der Waals surface area contributed by atoms with Crippen LogP contribution in [0.5, 0.6) is 0 Å². The summed E-state index contributed by atoms with van der Waals surface area (Å²) in [7, 11) is 0. The summed E-state index contributed by atoms with van der Waals surface area (Å²) in [5.41, 5.74) is 3.88. The molecule has 0 spiro atoms. The van der Waals surface area contributed by atoms with Crippen molar-refractivity contribution in [1.82, 2.24) is 20.0 Å². The number of nitrogens with one attached hydrogen (secondary N) is 1. The number of nitrogens with two attached hydrogens (primary N) is 1. The Bertz CT molecular complexity index is 1900. The molecule has 3 heterocycles. The maximum absolute atomic E-state index is 16.9. The van der Waals surface area contributed by atoms with Gasteiger partial charge in [-0.15, -0.1) is 0 Å². The first kappa shape index (κ1) is 32.8. The number of carbonyl (C=O) groups excluding carboxylic acids is 1. The fraction of sp³-hybridized carbons (Fsp3) is 0.412. The molecule has 6 rings (SSSR count). The van der Waals surface area contributed by atoms with Gasteiger partial charge in [-0.3, -0.25) is 4.90 Å². The van der Waals surface area contributed by atoms with E-state index in [1.54, 1.807) is 30.9 Å². The molecule has 250 valence electrons. The van der Waals surface area contributed by atoms with Crippen LogP contribution in [-0.4, -0.2) is 26.3 Å². The van der Waals surface area contributed by atoms with E-state index in [0.717, 1.165) is 11.6 Å². The molecule has 2 aliphatic heterocycles. The average Bonchev–Trinajstić information content (AvgIpc) is 3.45. The number of allylic oxidation sites excluding steroid dienone is 2. The zero-order valence-corrected chi connectivity index (χ0v) is 26.6. The van der Waals surface area contributed by atoms with Gasteiger partial charge in [-0.2, -0.15) is 31.4 Å². The Hall–Kier alpha value is -4.13. The number of para-hydroxylation sites is 1. The number of halogens is 7. The molecule has 47 heavy (non-hydrogen) atoms. The van der Waals surface area contributed by atoms with Crippen molar-refractivity contribution in [2.75, 3.05) is 0 Å². The van der Waals surface area contributed by atoms with Gasteiger partial charge in [0, 0.05) is 29.8 Å². The minimum atomic E-state index is -5.02. The van der Waals surface area contributed by atoms with E-state index in [9.17, 15) is 31.1 Å². The summed E-state index contributed by atoms with van der Waals surface area (Å²) in [5, 5.41) is 7.60. The third kappa shape index (κ3) is 4.71. The average molecular weight is 662 g/mol. The maximum atomic E-state index is 16.9. The Morgan fingerprint density at radius 3 is 2.30 bits per heavy atom. The Labute approximate surface area is 267 Å². The van der Waals surface area contributed by atoms with Crippen molar-refractivity contribution in [3.8, 4) is 5.69 Å². The summed E-state index contributed by atoms with van der Waals surface area (Å²) in [5.74, 6) is -0.603.